The Morgan fingerprint density at radius 1 is 0.793 bits per heavy atom. The zero-order valence-electron chi connectivity index (χ0n) is 19.1. The molecule has 1 aliphatic rings. The number of carbonyl (C=O) groups excluding carboxylic acids is 1. The average Bonchev–Trinajstić information content (AvgIpc) is 2.82. The molecule has 0 radical (unpaired) electrons. The van der Waals surface area contributed by atoms with Crippen LogP contribution in [0.15, 0.2) is 48.5 Å². The topological polar surface area (TPSA) is 35.5 Å². The van der Waals surface area contributed by atoms with Crippen LogP contribution in [0.5, 0.6) is 11.5 Å². The predicted molar refractivity (Wildman–Crippen MR) is 122 cm³/mol. The summed E-state index contributed by atoms with van der Waals surface area (Å²) in [6.45, 7) is 9.80. The number of rotatable bonds is 5. The van der Waals surface area contributed by atoms with Crippen molar-refractivity contribution in [1.29, 1.82) is 0 Å². The van der Waals surface area contributed by atoms with Crippen LogP contribution in [-0.4, -0.2) is 13.1 Å². The lowest BCUT2D eigenvalue weighted by atomic mass is 9.65. The molecule has 0 aliphatic heterocycles. The molecule has 1 saturated carbocycles. The van der Waals surface area contributed by atoms with Crippen molar-refractivity contribution in [2.24, 2.45) is 0 Å². The molecule has 3 heteroatoms. The van der Waals surface area contributed by atoms with Crippen LogP contribution in [0.4, 0.5) is 0 Å². The highest BCUT2D eigenvalue weighted by atomic mass is 16.5. The third kappa shape index (κ3) is 6.35. The minimum atomic E-state index is -0.199. The Hall–Kier alpha value is -2.29. The lowest BCUT2D eigenvalue weighted by Crippen LogP contribution is -2.30. The quantitative estimate of drug-likeness (QED) is 0.391. The number of benzene rings is 2. The molecule has 0 unspecified atom stereocenters. The van der Waals surface area contributed by atoms with Crippen molar-refractivity contribution in [3.8, 4) is 11.5 Å². The van der Waals surface area contributed by atoms with Gasteiger partial charge >= 0.3 is 5.97 Å². The van der Waals surface area contributed by atoms with Crippen LogP contribution in [0.3, 0.4) is 0 Å². The lowest BCUT2D eigenvalue weighted by molar-refractivity contribution is -0.134. The normalized spacial score (nSPS) is 14.4. The number of methoxy groups -OCH3 is 1. The van der Waals surface area contributed by atoms with Gasteiger partial charge in [-0.1, -0.05) is 78.1 Å². The fourth-order valence-electron chi connectivity index (χ4n) is 3.86. The Balaban J connectivity index is 0.000000989. The third-order valence-electron chi connectivity index (χ3n) is 5.28. The monoisotopic (exact) mass is 398 g/mol. The zero-order chi connectivity index (χ0) is 21.7. The first-order chi connectivity index (χ1) is 14.2. The van der Waals surface area contributed by atoms with E-state index in [9.17, 15) is 4.79 Å². The summed E-state index contributed by atoms with van der Waals surface area (Å²) in [5.74, 6) is 1.31. The van der Waals surface area contributed by atoms with Crippen LogP contribution in [0.2, 0.25) is 0 Å². The van der Waals surface area contributed by atoms with Crippen LogP contribution < -0.4 is 9.47 Å². The van der Waals surface area contributed by atoms with Gasteiger partial charge in [-0.15, -0.1) is 0 Å². The van der Waals surface area contributed by atoms with Crippen molar-refractivity contribution in [3.63, 3.8) is 0 Å². The van der Waals surface area contributed by atoms with E-state index in [-0.39, 0.29) is 11.4 Å². The highest BCUT2D eigenvalue weighted by molar-refractivity contribution is 5.71. The van der Waals surface area contributed by atoms with E-state index in [0.29, 0.717) is 12.2 Å². The second-order valence-corrected chi connectivity index (χ2v) is 6.72. The van der Waals surface area contributed by atoms with Crippen molar-refractivity contribution in [3.05, 3.63) is 59.7 Å². The number of ether oxygens (including phenoxy) is 2. The molecule has 2 aromatic carbocycles. The highest BCUT2D eigenvalue weighted by Gasteiger charge is 2.35. The molecular formula is C26H38O3. The van der Waals surface area contributed by atoms with Gasteiger partial charge in [-0.05, 0) is 48.2 Å². The molecule has 1 fully saturated rings. The summed E-state index contributed by atoms with van der Waals surface area (Å²) >= 11 is 0. The average molecular weight is 399 g/mol. The Morgan fingerprint density at radius 3 is 1.66 bits per heavy atom. The molecule has 0 bridgehead atoms. The van der Waals surface area contributed by atoms with Crippen molar-refractivity contribution in [2.75, 3.05) is 7.11 Å². The Kier molecular flexibility index (Phi) is 11.1. The van der Waals surface area contributed by atoms with Gasteiger partial charge < -0.3 is 9.47 Å². The van der Waals surface area contributed by atoms with Crippen molar-refractivity contribution in [2.45, 2.75) is 78.6 Å². The molecule has 2 aromatic rings. The van der Waals surface area contributed by atoms with Gasteiger partial charge in [0.2, 0.25) is 0 Å². The minimum absolute atomic E-state index is 0.0395. The van der Waals surface area contributed by atoms with Crippen LogP contribution >= 0.6 is 0 Å². The summed E-state index contributed by atoms with van der Waals surface area (Å²) in [5, 5.41) is 0. The van der Waals surface area contributed by atoms with Gasteiger partial charge in [0.25, 0.3) is 0 Å². The molecule has 0 amide bonds. The van der Waals surface area contributed by atoms with Gasteiger partial charge in [-0.2, -0.15) is 0 Å². The first-order valence-electron chi connectivity index (χ1n) is 11.1. The largest absolute Gasteiger partial charge is 0.497 e. The summed E-state index contributed by atoms with van der Waals surface area (Å²) in [6.07, 6.45) is 6.44. The van der Waals surface area contributed by atoms with Gasteiger partial charge in [0.15, 0.2) is 0 Å². The summed E-state index contributed by atoms with van der Waals surface area (Å²) in [6, 6.07) is 16.5. The molecule has 0 aromatic heterocycles. The number of hydrogen-bond acceptors (Lipinski definition) is 3. The molecule has 3 rings (SSSR count). The highest BCUT2D eigenvalue weighted by Crippen LogP contribution is 2.45. The van der Waals surface area contributed by atoms with E-state index < -0.39 is 0 Å². The Bertz CT molecular complexity index is 696. The van der Waals surface area contributed by atoms with Crippen molar-refractivity contribution >= 4 is 5.97 Å². The predicted octanol–water partition coefficient (Wildman–Crippen LogP) is 7.31. The second-order valence-electron chi connectivity index (χ2n) is 6.72. The zero-order valence-corrected chi connectivity index (χ0v) is 19.1. The van der Waals surface area contributed by atoms with Crippen LogP contribution in [0, 0.1) is 0 Å². The summed E-state index contributed by atoms with van der Waals surface area (Å²) in [4.78, 5) is 11.5. The fourth-order valence-corrected chi connectivity index (χ4v) is 3.86. The lowest BCUT2D eigenvalue weighted by Gasteiger charge is -2.38. The SMILES string of the molecule is CC.CC.CCC(=O)Oc1ccc(C2(c3ccc(OC)cc3)CCCCC2)cc1. The first-order valence-corrected chi connectivity index (χ1v) is 11.1. The van der Waals surface area contributed by atoms with Crippen LogP contribution in [0.25, 0.3) is 0 Å². The maximum absolute atomic E-state index is 11.5. The van der Waals surface area contributed by atoms with Gasteiger partial charge in [0.05, 0.1) is 7.11 Å². The van der Waals surface area contributed by atoms with E-state index in [1.807, 2.05) is 52.0 Å². The summed E-state index contributed by atoms with van der Waals surface area (Å²) < 4.78 is 10.6. The van der Waals surface area contributed by atoms with Crippen LogP contribution in [-0.2, 0) is 10.2 Å². The molecule has 0 heterocycles. The number of esters is 1. The number of hydrogen-bond donors (Lipinski definition) is 0. The smallest absolute Gasteiger partial charge is 0.310 e. The Labute approximate surface area is 177 Å². The van der Waals surface area contributed by atoms with E-state index in [0.717, 1.165) is 18.6 Å². The summed E-state index contributed by atoms with van der Waals surface area (Å²) in [7, 11) is 1.70. The molecule has 0 saturated heterocycles. The van der Waals surface area contributed by atoms with Crippen LogP contribution in [0.1, 0.15) is 84.3 Å². The summed E-state index contributed by atoms with van der Waals surface area (Å²) in [5.41, 5.74) is 2.68. The standard InChI is InChI=1S/C22H26O3.2C2H6/c1-3-21(23)25-20-13-9-18(10-14-20)22(15-5-4-6-16-22)17-7-11-19(24-2)12-8-17;2*1-2/h7-14H,3-6,15-16H2,1-2H3;2*1-2H3. The molecular weight excluding hydrogens is 360 g/mol. The van der Waals surface area contributed by atoms with Gasteiger partial charge in [0.1, 0.15) is 11.5 Å². The van der Waals surface area contributed by atoms with E-state index in [1.165, 1.54) is 30.4 Å². The molecule has 29 heavy (non-hydrogen) atoms. The molecule has 0 spiro atoms. The van der Waals surface area contributed by atoms with Crippen molar-refractivity contribution < 1.29 is 14.3 Å². The Morgan fingerprint density at radius 2 is 1.24 bits per heavy atom. The van der Waals surface area contributed by atoms with E-state index in [2.05, 4.69) is 24.3 Å². The van der Waals surface area contributed by atoms with Crippen molar-refractivity contribution in [1.82, 2.24) is 0 Å². The van der Waals surface area contributed by atoms with Gasteiger partial charge in [-0.3, -0.25) is 4.79 Å². The first kappa shape index (κ1) is 24.7. The maximum Gasteiger partial charge on any atom is 0.310 e. The minimum Gasteiger partial charge on any atom is -0.497 e. The molecule has 3 nitrogen and oxygen atoms in total. The van der Waals surface area contributed by atoms with E-state index in [4.69, 9.17) is 9.47 Å². The van der Waals surface area contributed by atoms with E-state index in [1.54, 1.807) is 14.0 Å². The molecule has 0 atom stereocenters. The fraction of sp³-hybridized carbons (Fsp3) is 0.500. The third-order valence-corrected chi connectivity index (χ3v) is 5.28. The van der Waals surface area contributed by atoms with Gasteiger partial charge in [0, 0.05) is 11.8 Å². The van der Waals surface area contributed by atoms with Gasteiger partial charge in [-0.25, -0.2) is 0 Å². The molecule has 1 aliphatic carbocycles. The maximum atomic E-state index is 11.5. The second kappa shape index (κ2) is 13.0. The molecule has 0 N–H and O–H groups in total. The molecule has 160 valence electrons. The number of carbonyl (C=O) groups is 1. The van der Waals surface area contributed by atoms with E-state index >= 15 is 0 Å².